The number of rotatable bonds is 5. The summed E-state index contributed by atoms with van der Waals surface area (Å²) >= 11 is 0. The summed E-state index contributed by atoms with van der Waals surface area (Å²) in [5.41, 5.74) is -0.733. The summed E-state index contributed by atoms with van der Waals surface area (Å²) in [6.07, 6.45) is 5.42. The standard InChI is InChI=1S/C13H15O7P/c1-4-13(2,12(15)19-3)8-9-5-6-11(10(14)7-9)20-21(16,17)18/h1,5-7,14H,8H2,2-3H3,(H2,16,17,18)/t13-/m1/s1. The molecule has 114 valence electrons. The van der Waals surface area contributed by atoms with Crippen LogP contribution in [-0.4, -0.2) is 28.0 Å². The van der Waals surface area contributed by atoms with Crippen LogP contribution in [0.5, 0.6) is 11.5 Å². The molecule has 0 heterocycles. The van der Waals surface area contributed by atoms with Gasteiger partial charge in [-0.25, -0.2) is 4.57 Å². The SMILES string of the molecule is C#C[C@](C)(Cc1ccc(OP(=O)(O)O)c(O)c1)C(=O)OC. The molecule has 0 aliphatic carbocycles. The van der Waals surface area contributed by atoms with Gasteiger partial charge in [-0.15, -0.1) is 6.42 Å². The van der Waals surface area contributed by atoms with Gasteiger partial charge in [-0.3, -0.25) is 14.6 Å². The van der Waals surface area contributed by atoms with Gasteiger partial charge in [-0.1, -0.05) is 12.0 Å². The average molecular weight is 314 g/mol. The van der Waals surface area contributed by atoms with Crippen molar-refractivity contribution in [2.45, 2.75) is 13.3 Å². The van der Waals surface area contributed by atoms with Gasteiger partial charge in [0.25, 0.3) is 0 Å². The number of carbonyl (C=O) groups excluding carboxylic acids is 1. The van der Waals surface area contributed by atoms with Crippen LogP contribution in [0, 0.1) is 17.8 Å². The smallest absolute Gasteiger partial charge is 0.504 e. The van der Waals surface area contributed by atoms with E-state index in [1.165, 1.54) is 32.2 Å². The highest BCUT2D eigenvalue weighted by atomic mass is 31.2. The van der Waals surface area contributed by atoms with Gasteiger partial charge in [0, 0.05) is 0 Å². The van der Waals surface area contributed by atoms with Crippen molar-refractivity contribution in [3.8, 4) is 23.8 Å². The molecule has 0 unspecified atom stereocenters. The summed E-state index contributed by atoms with van der Waals surface area (Å²) in [5, 5.41) is 9.68. The van der Waals surface area contributed by atoms with Crippen molar-refractivity contribution < 1.29 is 33.5 Å². The van der Waals surface area contributed by atoms with Crippen molar-refractivity contribution in [3.05, 3.63) is 23.8 Å². The lowest BCUT2D eigenvalue weighted by Gasteiger charge is -2.20. The van der Waals surface area contributed by atoms with Crippen molar-refractivity contribution in [1.82, 2.24) is 0 Å². The number of aromatic hydroxyl groups is 1. The highest BCUT2D eigenvalue weighted by molar-refractivity contribution is 7.46. The average Bonchev–Trinajstić information content (AvgIpc) is 2.39. The number of phosphoric ester groups is 1. The Bertz CT molecular complexity index is 628. The fourth-order valence-electron chi connectivity index (χ4n) is 1.69. The Morgan fingerprint density at radius 2 is 2.10 bits per heavy atom. The Hall–Kier alpha value is -2.00. The second-order valence-corrected chi connectivity index (χ2v) is 5.69. The number of hydrogen-bond donors (Lipinski definition) is 3. The molecule has 21 heavy (non-hydrogen) atoms. The largest absolute Gasteiger partial charge is 0.524 e. The molecule has 1 rings (SSSR count). The number of hydrogen-bond acceptors (Lipinski definition) is 5. The zero-order chi connectivity index (χ0) is 16.3. The number of phosphoric acid groups is 1. The summed E-state index contributed by atoms with van der Waals surface area (Å²) in [6.45, 7) is 1.51. The van der Waals surface area contributed by atoms with E-state index in [0.29, 0.717) is 5.56 Å². The zero-order valence-electron chi connectivity index (χ0n) is 11.4. The van der Waals surface area contributed by atoms with Gasteiger partial charge in [-0.05, 0) is 31.0 Å². The monoisotopic (exact) mass is 314 g/mol. The molecule has 0 aliphatic rings. The molecule has 0 saturated heterocycles. The maximum absolute atomic E-state index is 11.7. The predicted octanol–water partition coefficient (Wildman–Crippen LogP) is 1.22. The fourth-order valence-corrected chi connectivity index (χ4v) is 2.10. The zero-order valence-corrected chi connectivity index (χ0v) is 12.3. The Morgan fingerprint density at radius 1 is 1.48 bits per heavy atom. The minimum absolute atomic E-state index is 0.0833. The van der Waals surface area contributed by atoms with Gasteiger partial charge in [-0.2, -0.15) is 0 Å². The van der Waals surface area contributed by atoms with Gasteiger partial charge in [0.15, 0.2) is 11.5 Å². The summed E-state index contributed by atoms with van der Waals surface area (Å²) in [4.78, 5) is 29.0. The summed E-state index contributed by atoms with van der Waals surface area (Å²) in [7, 11) is -3.55. The third-order valence-corrected chi connectivity index (χ3v) is 3.19. The van der Waals surface area contributed by atoms with E-state index in [1.807, 2.05) is 0 Å². The topological polar surface area (TPSA) is 113 Å². The molecule has 0 radical (unpaired) electrons. The number of benzene rings is 1. The molecule has 0 aromatic heterocycles. The molecule has 8 heteroatoms. The van der Waals surface area contributed by atoms with Crippen LogP contribution in [0.3, 0.4) is 0 Å². The molecule has 0 spiro atoms. The van der Waals surface area contributed by atoms with Crippen LogP contribution in [0.2, 0.25) is 0 Å². The number of ether oxygens (including phenoxy) is 1. The van der Waals surface area contributed by atoms with Gasteiger partial charge < -0.3 is 14.4 Å². The number of phenols is 1. The van der Waals surface area contributed by atoms with Crippen molar-refractivity contribution in [3.63, 3.8) is 0 Å². The molecular weight excluding hydrogens is 299 g/mol. The van der Waals surface area contributed by atoms with Gasteiger partial charge in [0.1, 0.15) is 5.41 Å². The summed E-state index contributed by atoms with van der Waals surface area (Å²) < 4.78 is 19.6. The molecule has 1 atom stereocenters. The maximum Gasteiger partial charge on any atom is 0.524 e. The van der Waals surface area contributed by atoms with Crippen molar-refractivity contribution in [2.24, 2.45) is 5.41 Å². The Balaban J connectivity index is 3.02. The van der Waals surface area contributed by atoms with E-state index in [-0.39, 0.29) is 12.2 Å². The van der Waals surface area contributed by atoms with E-state index < -0.39 is 25.0 Å². The number of esters is 1. The number of methoxy groups -OCH3 is 1. The van der Waals surface area contributed by atoms with Crippen LogP contribution in [0.4, 0.5) is 0 Å². The first-order valence-corrected chi connectivity index (χ1v) is 7.27. The first-order valence-electron chi connectivity index (χ1n) is 5.74. The molecule has 0 amide bonds. The lowest BCUT2D eigenvalue weighted by molar-refractivity contribution is -0.148. The quantitative estimate of drug-likeness (QED) is 0.425. The first-order chi connectivity index (χ1) is 9.61. The minimum Gasteiger partial charge on any atom is -0.504 e. The number of phenolic OH excluding ortho intramolecular Hbond substituents is 1. The number of terminal acetylenes is 1. The summed E-state index contributed by atoms with van der Waals surface area (Å²) in [5.74, 6) is 0.901. The maximum atomic E-state index is 11.7. The second kappa shape index (κ2) is 6.19. The normalized spacial score (nSPS) is 13.9. The van der Waals surface area contributed by atoms with Gasteiger partial charge in [0.05, 0.1) is 7.11 Å². The van der Waals surface area contributed by atoms with E-state index in [1.54, 1.807) is 0 Å². The lowest BCUT2D eigenvalue weighted by atomic mass is 9.84. The molecule has 0 fully saturated rings. The molecule has 0 aliphatic heterocycles. The molecule has 1 aromatic carbocycles. The lowest BCUT2D eigenvalue weighted by Crippen LogP contribution is -2.29. The molecule has 1 aromatic rings. The van der Waals surface area contributed by atoms with E-state index in [0.717, 1.165) is 0 Å². The number of carbonyl (C=O) groups is 1. The fraction of sp³-hybridized carbons (Fsp3) is 0.308. The highest BCUT2D eigenvalue weighted by Gasteiger charge is 2.32. The third kappa shape index (κ3) is 4.50. The van der Waals surface area contributed by atoms with Gasteiger partial charge >= 0.3 is 13.8 Å². The van der Waals surface area contributed by atoms with Crippen LogP contribution in [-0.2, 0) is 20.5 Å². The van der Waals surface area contributed by atoms with E-state index in [9.17, 15) is 14.5 Å². The Labute approximate surface area is 121 Å². The van der Waals surface area contributed by atoms with E-state index in [2.05, 4.69) is 15.2 Å². The Kier molecular flexibility index (Phi) is 5.02. The van der Waals surface area contributed by atoms with Crippen molar-refractivity contribution in [1.29, 1.82) is 0 Å². The summed E-state index contributed by atoms with van der Waals surface area (Å²) in [6, 6.07) is 3.82. The van der Waals surface area contributed by atoms with E-state index >= 15 is 0 Å². The highest BCUT2D eigenvalue weighted by Crippen LogP contribution is 2.42. The van der Waals surface area contributed by atoms with Crippen LogP contribution in [0.1, 0.15) is 12.5 Å². The molecule has 7 nitrogen and oxygen atoms in total. The van der Waals surface area contributed by atoms with Crippen LogP contribution >= 0.6 is 7.82 Å². The van der Waals surface area contributed by atoms with Crippen LogP contribution in [0.15, 0.2) is 18.2 Å². The molecular formula is C13H15O7P. The van der Waals surface area contributed by atoms with Crippen LogP contribution in [0.25, 0.3) is 0 Å². The molecule has 3 N–H and O–H groups in total. The van der Waals surface area contributed by atoms with Gasteiger partial charge in [0.2, 0.25) is 0 Å². The molecule has 0 saturated carbocycles. The van der Waals surface area contributed by atoms with Crippen LogP contribution < -0.4 is 4.52 Å². The van der Waals surface area contributed by atoms with Crippen molar-refractivity contribution in [2.75, 3.05) is 7.11 Å². The first kappa shape index (κ1) is 17.1. The minimum atomic E-state index is -4.76. The Morgan fingerprint density at radius 3 is 2.52 bits per heavy atom. The molecule has 0 bridgehead atoms. The predicted molar refractivity (Wildman–Crippen MR) is 73.4 cm³/mol. The third-order valence-electron chi connectivity index (χ3n) is 2.75. The van der Waals surface area contributed by atoms with Crippen molar-refractivity contribution >= 4 is 13.8 Å². The second-order valence-electron chi connectivity index (χ2n) is 4.53. The van der Waals surface area contributed by atoms with E-state index in [4.69, 9.17) is 16.2 Å².